The summed E-state index contributed by atoms with van der Waals surface area (Å²) in [5.41, 5.74) is 6.84. The van der Waals surface area contributed by atoms with Crippen LogP contribution in [0.1, 0.15) is 10.4 Å². The molecule has 78 valence electrons. The van der Waals surface area contributed by atoms with Crippen LogP contribution in [0.5, 0.6) is 0 Å². The van der Waals surface area contributed by atoms with Crippen molar-refractivity contribution in [3.8, 4) is 0 Å². The predicted molar refractivity (Wildman–Crippen MR) is 41.0 cm³/mol. The third kappa shape index (κ3) is 2.96. The number of hydrogen-bond donors (Lipinski definition) is 2. The van der Waals surface area contributed by atoms with Crippen molar-refractivity contribution in [2.75, 3.05) is 12.0 Å². The van der Waals surface area contributed by atoms with Crippen LogP contribution < -0.4 is 11.2 Å². The van der Waals surface area contributed by atoms with Crippen LogP contribution in [-0.2, 0) is 0 Å². The minimum atomic E-state index is -4.33. The molecule has 0 fully saturated rings. The van der Waals surface area contributed by atoms with E-state index < -0.39 is 18.6 Å². The van der Waals surface area contributed by atoms with Crippen LogP contribution in [0.2, 0.25) is 0 Å². The van der Waals surface area contributed by atoms with Crippen molar-refractivity contribution in [2.24, 2.45) is 5.73 Å². The normalized spacial score (nSPS) is 11.4. The van der Waals surface area contributed by atoms with Crippen LogP contribution in [0.3, 0.4) is 0 Å². The second-order valence-electron chi connectivity index (χ2n) is 2.49. The lowest BCUT2D eigenvalue weighted by molar-refractivity contribution is -0.117. The third-order valence-corrected chi connectivity index (χ3v) is 1.31. The predicted octanol–water partition coefficient (Wildman–Crippen LogP) is 0.0878. The first-order valence-corrected chi connectivity index (χ1v) is 3.53. The summed E-state index contributed by atoms with van der Waals surface area (Å²) in [6.45, 7) is -1.23. The molecule has 0 aliphatic heterocycles. The molecule has 0 unspecified atom stereocenters. The fourth-order valence-corrected chi connectivity index (χ4v) is 0.707. The lowest BCUT2D eigenvalue weighted by atomic mass is 10.4. The lowest BCUT2D eigenvalue weighted by Gasteiger charge is -2.08. The molecule has 0 aliphatic carbocycles. The monoisotopic (exact) mass is 208 g/mol. The quantitative estimate of drug-likeness (QED) is 0.739. The van der Waals surface area contributed by atoms with E-state index in [9.17, 15) is 18.0 Å². The Bertz CT molecular complexity index is 332. The first-order chi connectivity index (χ1) is 6.38. The molecule has 0 aromatic carbocycles. The number of nitrogens with one attached hydrogen (secondary N) is 1. The van der Waals surface area contributed by atoms with Crippen LogP contribution in [0.25, 0.3) is 0 Å². The van der Waals surface area contributed by atoms with E-state index >= 15 is 0 Å². The summed E-state index contributed by atoms with van der Waals surface area (Å²) < 4.78 is 35.1. The molecular weight excluding hydrogens is 201 g/mol. The smallest absolute Gasteiger partial charge is 0.365 e. The minimum Gasteiger partial charge on any atom is -0.365 e. The Morgan fingerprint density at radius 1 is 1.64 bits per heavy atom. The summed E-state index contributed by atoms with van der Waals surface area (Å²) in [7, 11) is 0. The van der Waals surface area contributed by atoms with Crippen LogP contribution in [0.4, 0.5) is 13.2 Å². The van der Waals surface area contributed by atoms with Gasteiger partial charge in [0.2, 0.25) is 0 Å². The number of carbonyl (C=O) groups excluding carboxylic acids is 1. The zero-order valence-corrected chi connectivity index (χ0v) is 6.88. The third-order valence-electron chi connectivity index (χ3n) is 1.31. The summed E-state index contributed by atoms with van der Waals surface area (Å²) >= 11 is 0. The zero-order chi connectivity index (χ0) is 10.8. The Kier molecular flexibility index (Phi) is 2.63. The molecule has 1 rings (SSSR count). The van der Waals surface area contributed by atoms with Crippen molar-refractivity contribution in [1.29, 1.82) is 0 Å². The summed E-state index contributed by atoms with van der Waals surface area (Å²) in [5, 5.41) is 3.45. The van der Waals surface area contributed by atoms with Gasteiger partial charge in [0.05, 0.1) is 18.0 Å². The largest absolute Gasteiger partial charge is 0.407 e. The Morgan fingerprint density at radius 3 is 2.71 bits per heavy atom. The van der Waals surface area contributed by atoms with E-state index in [1.807, 2.05) is 5.43 Å². The number of halogens is 3. The fraction of sp³-hybridized carbons (Fsp3) is 0.333. The maximum atomic E-state index is 11.7. The molecule has 1 amide bonds. The Morgan fingerprint density at radius 2 is 2.29 bits per heavy atom. The van der Waals surface area contributed by atoms with Crippen molar-refractivity contribution >= 4 is 5.91 Å². The topological polar surface area (TPSA) is 72.9 Å². The van der Waals surface area contributed by atoms with Gasteiger partial charge in [-0.15, -0.1) is 0 Å². The number of nitrogens with zero attached hydrogens (tertiary/aromatic N) is 2. The Labute approximate surface area is 76.7 Å². The van der Waals surface area contributed by atoms with E-state index in [0.29, 0.717) is 0 Å². The van der Waals surface area contributed by atoms with E-state index in [1.54, 1.807) is 0 Å². The molecule has 1 aromatic heterocycles. The number of primary amides is 1. The van der Waals surface area contributed by atoms with E-state index in [1.165, 1.54) is 0 Å². The van der Waals surface area contributed by atoms with E-state index in [0.717, 1.165) is 17.2 Å². The summed E-state index contributed by atoms with van der Waals surface area (Å²) in [6, 6.07) is 0. The Hall–Kier alpha value is -1.73. The van der Waals surface area contributed by atoms with Gasteiger partial charge in [-0.1, -0.05) is 0 Å². The molecule has 0 saturated carbocycles. The molecule has 5 nitrogen and oxygen atoms in total. The fourth-order valence-electron chi connectivity index (χ4n) is 0.707. The highest BCUT2D eigenvalue weighted by Crippen LogP contribution is 2.12. The van der Waals surface area contributed by atoms with Gasteiger partial charge < -0.3 is 11.2 Å². The summed E-state index contributed by atoms with van der Waals surface area (Å²) in [6.07, 6.45) is -2.18. The van der Waals surface area contributed by atoms with Crippen molar-refractivity contribution in [1.82, 2.24) is 9.89 Å². The number of hydrogen-bond acceptors (Lipinski definition) is 3. The molecule has 14 heavy (non-hydrogen) atoms. The van der Waals surface area contributed by atoms with Crippen molar-refractivity contribution in [3.05, 3.63) is 18.0 Å². The second-order valence-corrected chi connectivity index (χ2v) is 2.49. The van der Waals surface area contributed by atoms with Crippen LogP contribution in [0, 0.1) is 0 Å². The molecular formula is C6H7F3N4O. The van der Waals surface area contributed by atoms with Crippen molar-refractivity contribution < 1.29 is 18.0 Å². The zero-order valence-electron chi connectivity index (χ0n) is 6.88. The highest BCUT2D eigenvalue weighted by atomic mass is 19.4. The van der Waals surface area contributed by atoms with Gasteiger partial charge in [-0.05, 0) is 0 Å². The first kappa shape index (κ1) is 10.4. The van der Waals surface area contributed by atoms with Gasteiger partial charge >= 0.3 is 6.18 Å². The highest BCUT2D eigenvalue weighted by molar-refractivity contribution is 5.92. The number of amides is 1. The first-order valence-electron chi connectivity index (χ1n) is 3.53. The van der Waals surface area contributed by atoms with Crippen molar-refractivity contribution in [2.45, 2.75) is 6.18 Å². The number of carbonyl (C=O) groups is 1. The number of nitrogens with two attached hydrogens (primary N) is 1. The van der Waals surface area contributed by atoms with E-state index in [4.69, 9.17) is 5.73 Å². The van der Waals surface area contributed by atoms with Crippen molar-refractivity contribution in [3.63, 3.8) is 0 Å². The molecule has 0 atom stereocenters. The molecule has 0 aliphatic rings. The highest BCUT2D eigenvalue weighted by Gasteiger charge is 2.26. The lowest BCUT2D eigenvalue weighted by Crippen LogP contribution is -2.28. The maximum Gasteiger partial charge on any atom is 0.407 e. The standard InChI is InChI=1S/C6H7F3N4O/c7-6(8,9)3-12-13-2-4(1-11-13)5(10)14/h1-2,12H,3H2,(H2,10,14). The van der Waals surface area contributed by atoms with Crippen LogP contribution in [-0.4, -0.2) is 28.5 Å². The van der Waals surface area contributed by atoms with Crippen LogP contribution >= 0.6 is 0 Å². The van der Waals surface area contributed by atoms with Crippen LogP contribution in [0.15, 0.2) is 12.4 Å². The van der Waals surface area contributed by atoms with E-state index in [-0.39, 0.29) is 5.56 Å². The number of alkyl halides is 3. The molecule has 0 bridgehead atoms. The maximum absolute atomic E-state index is 11.7. The molecule has 3 N–H and O–H groups in total. The van der Waals surface area contributed by atoms with Gasteiger partial charge in [0.15, 0.2) is 0 Å². The average Bonchev–Trinajstić information content (AvgIpc) is 2.47. The molecule has 0 saturated heterocycles. The van der Waals surface area contributed by atoms with Gasteiger partial charge in [0, 0.05) is 0 Å². The van der Waals surface area contributed by atoms with Gasteiger partial charge in [-0.3, -0.25) is 4.79 Å². The van der Waals surface area contributed by atoms with Gasteiger partial charge in [-0.25, -0.2) is 0 Å². The average molecular weight is 208 g/mol. The molecule has 8 heteroatoms. The number of rotatable bonds is 3. The molecule has 1 aromatic rings. The second kappa shape index (κ2) is 3.56. The number of aromatic nitrogens is 2. The minimum absolute atomic E-state index is 0.0414. The molecule has 0 spiro atoms. The summed E-state index contributed by atoms with van der Waals surface area (Å²) in [5.74, 6) is -0.745. The molecule has 0 radical (unpaired) electrons. The Balaban J connectivity index is 2.56. The van der Waals surface area contributed by atoms with Gasteiger partial charge in [0.1, 0.15) is 6.54 Å². The van der Waals surface area contributed by atoms with E-state index in [2.05, 4.69) is 5.10 Å². The SMILES string of the molecule is NC(=O)c1cnn(NCC(F)(F)F)c1. The molecule has 1 heterocycles. The van der Waals surface area contributed by atoms with Gasteiger partial charge in [-0.2, -0.15) is 23.1 Å². The summed E-state index contributed by atoms with van der Waals surface area (Å²) in [4.78, 5) is 11.3. The van der Waals surface area contributed by atoms with Gasteiger partial charge in [0.25, 0.3) is 5.91 Å².